The molecule has 1 aromatic heterocycles. The normalized spacial score (nSPS) is 10.3. The van der Waals surface area contributed by atoms with Gasteiger partial charge in [-0.05, 0) is 31.2 Å². The van der Waals surface area contributed by atoms with Crippen molar-refractivity contribution >= 4 is 28.6 Å². The van der Waals surface area contributed by atoms with E-state index in [1.165, 1.54) is 6.20 Å². The van der Waals surface area contributed by atoms with Crippen LogP contribution < -0.4 is 10.1 Å². The summed E-state index contributed by atoms with van der Waals surface area (Å²) in [5.74, 6) is -0.633. The number of carbonyl (C=O) groups excluding carboxylic acids is 2. The van der Waals surface area contributed by atoms with Gasteiger partial charge < -0.3 is 14.8 Å². The molecule has 3 rings (SSSR count). The maximum atomic E-state index is 12.1. The molecule has 0 saturated carbocycles. The van der Waals surface area contributed by atoms with E-state index in [0.29, 0.717) is 29.1 Å². The maximum absolute atomic E-state index is 12.1. The predicted octanol–water partition coefficient (Wildman–Crippen LogP) is 2.82. The monoisotopic (exact) mass is 351 g/mol. The summed E-state index contributed by atoms with van der Waals surface area (Å²) in [7, 11) is 0. The summed E-state index contributed by atoms with van der Waals surface area (Å²) in [5, 5.41) is 2.65. The van der Waals surface area contributed by atoms with Gasteiger partial charge in [0.2, 0.25) is 0 Å². The van der Waals surface area contributed by atoms with Crippen LogP contribution in [0, 0.1) is 0 Å². The molecule has 0 atom stereocenters. The molecule has 1 heterocycles. The molecule has 0 spiro atoms. The van der Waals surface area contributed by atoms with Crippen molar-refractivity contribution in [2.24, 2.45) is 0 Å². The Morgan fingerprint density at radius 2 is 1.77 bits per heavy atom. The van der Waals surface area contributed by atoms with Crippen molar-refractivity contribution in [2.75, 3.05) is 18.5 Å². The number of anilines is 1. The molecule has 2 aromatic carbocycles. The number of benzene rings is 2. The molecule has 0 radical (unpaired) electrons. The van der Waals surface area contributed by atoms with Crippen molar-refractivity contribution in [3.8, 4) is 5.75 Å². The Bertz CT molecular complexity index is 943. The SMILES string of the molecule is CCOc1ccccc1NC(=O)COC(=O)c1cnc2ccccc2n1. The lowest BCUT2D eigenvalue weighted by Crippen LogP contribution is -2.21. The minimum Gasteiger partial charge on any atom is -0.492 e. The van der Waals surface area contributed by atoms with Crippen LogP contribution >= 0.6 is 0 Å². The van der Waals surface area contributed by atoms with Crippen molar-refractivity contribution in [1.82, 2.24) is 9.97 Å². The number of rotatable bonds is 6. The fourth-order valence-electron chi connectivity index (χ4n) is 2.30. The minimum absolute atomic E-state index is 0.0474. The zero-order chi connectivity index (χ0) is 18.4. The first-order valence-corrected chi connectivity index (χ1v) is 8.08. The van der Waals surface area contributed by atoms with Gasteiger partial charge in [0.25, 0.3) is 5.91 Å². The number of aromatic nitrogens is 2. The van der Waals surface area contributed by atoms with Gasteiger partial charge in [-0.25, -0.2) is 9.78 Å². The summed E-state index contributed by atoms with van der Waals surface area (Å²) in [6.45, 7) is 1.89. The van der Waals surface area contributed by atoms with Crippen LogP contribution in [0.15, 0.2) is 54.7 Å². The average molecular weight is 351 g/mol. The molecule has 1 N–H and O–H groups in total. The lowest BCUT2D eigenvalue weighted by molar-refractivity contribution is -0.119. The minimum atomic E-state index is -0.712. The quantitative estimate of drug-likeness (QED) is 0.687. The van der Waals surface area contributed by atoms with Gasteiger partial charge in [-0.15, -0.1) is 0 Å². The van der Waals surface area contributed by atoms with Gasteiger partial charge in [0.05, 0.1) is 29.5 Å². The smallest absolute Gasteiger partial charge is 0.359 e. The van der Waals surface area contributed by atoms with Crippen LogP contribution in [-0.4, -0.2) is 35.1 Å². The summed E-state index contributed by atoms with van der Waals surface area (Å²) < 4.78 is 10.4. The number of nitrogens with one attached hydrogen (secondary N) is 1. The summed E-state index contributed by atoms with van der Waals surface area (Å²) in [5.41, 5.74) is 1.82. The van der Waals surface area contributed by atoms with E-state index in [4.69, 9.17) is 9.47 Å². The van der Waals surface area contributed by atoms with E-state index in [9.17, 15) is 9.59 Å². The van der Waals surface area contributed by atoms with E-state index in [1.54, 1.807) is 42.5 Å². The third-order valence-corrected chi connectivity index (χ3v) is 3.45. The third-order valence-electron chi connectivity index (χ3n) is 3.45. The lowest BCUT2D eigenvalue weighted by atomic mass is 10.3. The molecule has 0 bridgehead atoms. The average Bonchev–Trinajstić information content (AvgIpc) is 2.67. The van der Waals surface area contributed by atoms with Crippen LogP contribution in [0.3, 0.4) is 0 Å². The number of para-hydroxylation sites is 4. The number of ether oxygens (including phenoxy) is 2. The Morgan fingerprint density at radius 3 is 2.58 bits per heavy atom. The van der Waals surface area contributed by atoms with Crippen molar-refractivity contribution < 1.29 is 19.1 Å². The van der Waals surface area contributed by atoms with Gasteiger partial charge >= 0.3 is 5.97 Å². The van der Waals surface area contributed by atoms with E-state index in [-0.39, 0.29) is 5.69 Å². The first kappa shape index (κ1) is 17.3. The molecule has 0 aliphatic rings. The van der Waals surface area contributed by atoms with Gasteiger partial charge in [0, 0.05) is 0 Å². The summed E-state index contributed by atoms with van der Waals surface area (Å²) in [6, 6.07) is 14.2. The Morgan fingerprint density at radius 1 is 1.04 bits per heavy atom. The van der Waals surface area contributed by atoms with Gasteiger partial charge in [-0.2, -0.15) is 0 Å². The van der Waals surface area contributed by atoms with Crippen LogP contribution in [0.25, 0.3) is 11.0 Å². The van der Waals surface area contributed by atoms with E-state index in [0.717, 1.165) is 0 Å². The number of fused-ring (bicyclic) bond motifs is 1. The molecule has 3 aromatic rings. The fraction of sp³-hybridized carbons (Fsp3) is 0.158. The van der Waals surface area contributed by atoms with Crippen molar-refractivity contribution in [3.63, 3.8) is 0 Å². The largest absolute Gasteiger partial charge is 0.492 e. The standard InChI is InChI=1S/C19H17N3O4/c1-2-25-17-10-6-5-9-15(17)22-18(23)12-26-19(24)16-11-20-13-7-3-4-8-14(13)21-16/h3-11H,2,12H2,1H3,(H,22,23). The first-order chi connectivity index (χ1) is 12.7. The Balaban J connectivity index is 1.61. The van der Waals surface area contributed by atoms with Gasteiger partial charge in [0.1, 0.15) is 5.75 Å². The van der Waals surface area contributed by atoms with Crippen LogP contribution in [-0.2, 0) is 9.53 Å². The molecule has 0 fully saturated rings. The highest BCUT2D eigenvalue weighted by molar-refractivity contribution is 5.96. The van der Waals surface area contributed by atoms with E-state index in [2.05, 4.69) is 15.3 Å². The Labute approximate surface area is 150 Å². The number of hydrogen-bond donors (Lipinski definition) is 1. The van der Waals surface area contributed by atoms with Crippen LogP contribution in [0.2, 0.25) is 0 Å². The van der Waals surface area contributed by atoms with E-state index in [1.807, 2.05) is 13.0 Å². The topological polar surface area (TPSA) is 90.4 Å². The Kier molecular flexibility index (Phi) is 5.38. The summed E-state index contributed by atoms with van der Waals surface area (Å²) in [4.78, 5) is 32.5. The second-order valence-corrected chi connectivity index (χ2v) is 5.30. The second kappa shape index (κ2) is 8.06. The number of carbonyl (C=O) groups is 2. The van der Waals surface area contributed by atoms with Crippen LogP contribution in [0.5, 0.6) is 5.75 Å². The molecule has 0 aliphatic carbocycles. The van der Waals surface area contributed by atoms with Gasteiger partial charge in [-0.1, -0.05) is 24.3 Å². The van der Waals surface area contributed by atoms with E-state index >= 15 is 0 Å². The van der Waals surface area contributed by atoms with Crippen LogP contribution in [0.1, 0.15) is 17.4 Å². The zero-order valence-electron chi connectivity index (χ0n) is 14.1. The van der Waals surface area contributed by atoms with E-state index < -0.39 is 18.5 Å². The molecule has 0 saturated heterocycles. The second-order valence-electron chi connectivity index (χ2n) is 5.30. The molecule has 7 heteroatoms. The molecule has 0 unspecified atom stereocenters. The lowest BCUT2D eigenvalue weighted by Gasteiger charge is -2.11. The molecule has 26 heavy (non-hydrogen) atoms. The van der Waals surface area contributed by atoms with Gasteiger partial charge in [-0.3, -0.25) is 9.78 Å². The molecular weight excluding hydrogens is 334 g/mol. The van der Waals surface area contributed by atoms with Gasteiger partial charge in [0.15, 0.2) is 12.3 Å². The molecule has 132 valence electrons. The zero-order valence-corrected chi connectivity index (χ0v) is 14.1. The molecular formula is C19H17N3O4. The number of esters is 1. The highest BCUT2D eigenvalue weighted by Gasteiger charge is 2.14. The van der Waals surface area contributed by atoms with Crippen molar-refractivity contribution in [1.29, 1.82) is 0 Å². The third kappa shape index (κ3) is 4.13. The van der Waals surface area contributed by atoms with Crippen molar-refractivity contribution in [3.05, 3.63) is 60.4 Å². The number of nitrogens with zero attached hydrogens (tertiary/aromatic N) is 2. The highest BCUT2D eigenvalue weighted by atomic mass is 16.5. The van der Waals surface area contributed by atoms with Crippen LogP contribution in [0.4, 0.5) is 5.69 Å². The molecule has 0 aliphatic heterocycles. The van der Waals surface area contributed by atoms with Crippen molar-refractivity contribution in [2.45, 2.75) is 6.92 Å². The number of hydrogen-bond acceptors (Lipinski definition) is 6. The molecule has 7 nitrogen and oxygen atoms in total. The molecule has 1 amide bonds. The highest BCUT2D eigenvalue weighted by Crippen LogP contribution is 2.23. The predicted molar refractivity (Wildman–Crippen MR) is 96.1 cm³/mol. The summed E-state index contributed by atoms with van der Waals surface area (Å²) in [6.07, 6.45) is 1.33. The maximum Gasteiger partial charge on any atom is 0.359 e. The first-order valence-electron chi connectivity index (χ1n) is 8.08. The summed E-state index contributed by atoms with van der Waals surface area (Å²) >= 11 is 0. The fourth-order valence-corrected chi connectivity index (χ4v) is 2.30. The Hall–Kier alpha value is -3.48. The number of amides is 1.